The van der Waals surface area contributed by atoms with Crippen molar-refractivity contribution in [3.8, 4) is 11.3 Å². The molecule has 1 fully saturated rings. The van der Waals surface area contributed by atoms with Gasteiger partial charge in [0.25, 0.3) is 0 Å². The molecule has 1 aliphatic carbocycles. The maximum Gasteiger partial charge on any atom is 0.224 e. The van der Waals surface area contributed by atoms with Crippen molar-refractivity contribution in [2.75, 3.05) is 0 Å². The average molecular weight is 424 g/mol. The van der Waals surface area contributed by atoms with Gasteiger partial charge in [-0.2, -0.15) is 0 Å². The van der Waals surface area contributed by atoms with Crippen LogP contribution in [0.2, 0.25) is 0 Å². The highest BCUT2D eigenvalue weighted by atomic mass is 79.9. The predicted octanol–water partition coefficient (Wildman–Crippen LogP) is 5.21. The number of hydrogen-bond acceptors (Lipinski definition) is 2. The molecule has 3 unspecified atom stereocenters. The van der Waals surface area contributed by atoms with Crippen LogP contribution in [-0.2, 0) is 4.79 Å². The van der Waals surface area contributed by atoms with Crippen LogP contribution >= 0.6 is 15.9 Å². The Morgan fingerprint density at radius 3 is 2.81 bits per heavy atom. The van der Waals surface area contributed by atoms with Gasteiger partial charge in [0, 0.05) is 10.4 Å². The molecule has 2 N–H and O–H groups in total. The largest absolute Gasteiger partial charge is 0.346 e. The summed E-state index contributed by atoms with van der Waals surface area (Å²) in [4.78, 5) is 20.6. The number of halogens is 1. The summed E-state index contributed by atoms with van der Waals surface area (Å²) in [7, 11) is 0. The van der Waals surface area contributed by atoms with E-state index in [0.717, 1.165) is 34.4 Å². The Kier molecular flexibility index (Phi) is 5.12. The lowest BCUT2D eigenvalue weighted by Gasteiger charge is -2.15. The molecule has 5 heteroatoms. The molecule has 4 rings (SSSR count). The summed E-state index contributed by atoms with van der Waals surface area (Å²) in [6.07, 6.45) is 3.54. The molecule has 0 radical (unpaired) electrons. The van der Waals surface area contributed by atoms with E-state index >= 15 is 0 Å². The van der Waals surface area contributed by atoms with Crippen molar-refractivity contribution in [3.05, 3.63) is 76.7 Å². The predicted molar refractivity (Wildman–Crippen MR) is 110 cm³/mol. The Labute approximate surface area is 167 Å². The summed E-state index contributed by atoms with van der Waals surface area (Å²) in [6, 6.07) is 18.2. The Morgan fingerprint density at radius 1 is 1.26 bits per heavy atom. The second-order valence-corrected chi connectivity index (χ2v) is 7.94. The third-order valence-corrected chi connectivity index (χ3v) is 5.63. The SMILES string of the molecule is CCC(NC(=O)C1CC1c1cccc(Br)c1)c1ncc(-c2ccccc2)[nH]1. The minimum absolute atomic E-state index is 0.0527. The Balaban J connectivity index is 1.42. The lowest BCUT2D eigenvalue weighted by atomic mass is 10.1. The fourth-order valence-corrected chi connectivity index (χ4v) is 3.93. The first-order valence-electron chi connectivity index (χ1n) is 9.32. The highest BCUT2D eigenvalue weighted by Crippen LogP contribution is 2.48. The topological polar surface area (TPSA) is 57.8 Å². The van der Waals surface area contributed by atoms with Crippen molar-refractivity contribution in [1.29, 1.82) is 0 Å². The molecule has 2 aromatic carbocycles. The molecule has 1 aromatic heterocycles. The van der Waals surface area contributed by atoms with E-state index in [-0.39, 0.29) is 17.9 Å². The third-order valence-electron chi connectivity index (χ3n) is 5.14. The van der Waals surface area contributed by atoms with Gasteiger partial charge in [-0.1, -0.05) is 65.3 Å². The van der Waals surface area contributed by atoms with Crippen molar-refractivity contribution >= 4 is 21.8 Å². The maximum absolute atomic E-state index is 12.7. The molecule has 1 saturated carbocycles. The van der Waals surface area contributed by atoms with Crippen LogP contribution in [0.25, 0.3) is 11.3 Å². The normalized spacial score (nSPS) is 19.5. The number of imidazole rings is 1. The number of aromatic amines is 1. The van der Waals surface area contributed by atoms with Gasteiger partial charge in [0.15, 0.2) is 0 Å². The second-order valence-electron chi connectivity index (χ2n) is 7.02. The highest BCUT2D eigenvalue weighted by molar-refractivity contribution is 9.10. The molecule has 1 heterocycles. The number of hydrogen-bond donors (Lipinski definition) is 2. The smallest absolute Gasteiger partial charge is 0.224 e. The monoisotopic (exact) mass is 423 g/mol. The van der Waals surface area contributed by atoms with Crippen molar-refractivity contribution in [2.45, 2.75) is 31.7 Å². The summed E-state index contributed by atoms with van der Waals surface area (Å²) in [5.41, 5.74) is 3.29. The summed E-state index contributed by atoms with van der Waals surface area (Å²) >= 11 is 3.51. The minimum atomic E-state index is -0.0984. The molecule has 1 aliphatic rings. The standard InChI is InChI=1S/C22H22BrN3O/c1-2-19(21-24-13-20(25-21)14-7-4-3-5-8-14)26-22(27)18-12-17(18)15-9-6-10-16(23)11-15/h3-11,13,17-19H,2,12H2,1H3,(H,24,25)(H,26,27). The van der Waals surface area contributed by atoms with Crippen molar-refractivity contribution in [3.63, 3.8) is 0 Å². The first-order valence-corrected chi connectivity index (χ1v) is 10.1. The lowest BCUT2D eigenvalue weighted by molar-refractivity contribution is -0.123. The molecule has 0 bridgehead atoms. The van der Waals surface area contributed by atoms with Gasteiger partial charge in [0.1, 0.15) is 5.82 Å². The van der Waals surface area contributed by atoms with Gasteiger partial charge in [-0.25, -0.2) is 4.98 Å². The van der Waals surface area contributed by atoms with Crippen LogP contribution in [-0.4, -0.2) is 15.9 Å². The maximum atomic E-state index is 12.7. The van der Waals surface area contributed by atoms with Crippen molar-refractivity contribution < 1.29 is 4.79 Å². The van der Waals surface area contributed by atoms with Crippen LogP contribution in [0.4, 0.5) is 0 Å². The molecule has 1 amide bonds. The molecule has 27 heavy (non-hydrogen) atoms. The van der Waals surface area contributed by atoms with E-state index in [9.17, 15) is 4.79 Å². The molecule has 0 saturated heterocycles. The zero-order valence-electron chi connectivity index (χ0n) is 15.2. The van der Waals surface area contributed by atoms with E-state index in [1.807, 2.05) is 48.7 Å². The fraction of sp³-hybridized carbons (Fsp3) is 0.273. The summed E-state index contributed by atoms with van der Waals surface area (Å²) in [5.74, 6) is 1.29. The summed E-state index contributed by atoms with van der Waals surface area (Å²) in [6.45, 7) is 2.06. The first-order chi connectivity index (χ1) is 13.2. The van der Waals surface area contributed by atoms with Gasteiger partial charge >= 0.3 is 0 Å². The molecule has 138 valence electrons. The zero-order valence-corrected chi connectivity index (χ0v) is 16.7. The Bertz CT molecular complexity index is 937. The molecule has 3 aromatic rings. The van der Waals surface area contributed by atoms with Gasteiger partial charge in [0.2, 0.25) is 5.91 Å². The van der Waals surface area contributed by atoms with E-state index in [4.69, 9.17) is 0 Å². The first kappa shape index (κ1) is 18.0. The number of nitrogens with zero attached hydrogens (tertiary/aromatic N) is 1. The number of amides is 1. The molecule has 0 aliphatic heterocycles. The van der Waals surface area contributed by atoms with Crippen molar-refractivity contribution in [1.82, 2.24) is 15.3 Å². The number of H-pyrrole nitrogens is 1. The second kappa shape index (κ2) is 7.69. The summed E-state index contributed by atoms with van der Waals surface area (Å²) in [5, 5.41) is 3.18. The van der Waals surface area contributed by atoms with Gasteiger partial charge in [0.05, 0.1) is 17.9 Å². The minimum Gasteiger partial charge on any atom is -0.346 e. The molecule has 0 spiro atoms. The van der Waals surface area contributed by atoms with Crippen LogP contribution in [0.1, 0.15) is 43.1 Å². The lowest BCUT2D eigenvalue weighted by Crippen LogP contribution is -2.30. The van der Waals surface area contributed by atoms with E-state index < -0.39 is 0 Å². The average Bonchev–Trinajstić information content (AvgIpc) is 3.36. The third kappa shape index (κ3) is 3.98. The number of nitrogens with one attached hydrogen (secondary N) is 2. The molecule has 4 nitrogen and oxygen atoms in total. The fourth-order valence-electron chi connectivity index (χ4n) is 3.51. The van der Waals surface area contributed by atoms with Gasteiger partial charge in [-0.05, 0) is 42.0 Å². The van der Waals surface area contributed by atoms with E-state index in [2.05, 4.69) is 50.3 Å². The van der Waals surface area contributed by atoms with Crippen LogP contribution < -0.4 is 5.32 Å². The van der Waals surface area contributed by atoms with E-state index in [0.29, 0.717) is 5.92 Å². The van der Waals surface area contributed by atoms with Gasteiger partial charge in [-0.3, -0.25) is 4.79 Å². The molecule has 3 atom stereocenters. The Hall–Kier alpha value is -2.40. The molecular weight excluding hydrogens is 402 g/mol. The number of rotatable bonds is 6. The van der Waals surface area contributed by atoms with Crippen LogP contribution in [0.5, 0.6) is 0 Å². The number of aromatic nitrogens is 2. The zero-order chi connectivity index (χ0) is 18.8. The van der Waals surface area contributed by atoms with Crippen molar-refractivity contribution in [2.24, 2.45) is 5.92 Å². The number of carbonyl (C=O) groups is 1. The quantitative estimate of drug-likeness (QED) is 0.571. The van der Waals surface area contributed by atoms with E-state index in [1.165, 1.54) is 5.56 Å². The van der Waals surface area contributed by atoms with Crippen LogP contribution in [0.3, 0.4) is 0 Å². The number of benzene rings is 2. The summed E-state index contributed by atoms with van der Waals surface area (Å²) < 4.78 is 1.06. The van der Waals surface area contributed by atoms with Gasteiger partial charge < -0.3 is 10.3 Å². The van der Waals surface area contributed by atoms with Gasteiger partial charge in [-0.15, -0.1) is 0 Å². The molecular formula is C22H22BrN3O. The van der Waals surface area contributed by atoms with Crippen LogP contribution in [0, 0.1) is 5.92 Å². The number of carbonyl (C=O) groups excluding carboxylic acids is 1. The Morgan fingerprint density at radius 2 is 2.07 bits per heavy atom. The van der Waals surface area contributed by atoms with E-state index in [1.54, 1.807) is 0 Å². The van der Waals surface area contributed by atoms with Crippen LogP contribution in [0.15, 0.2) is 65.3 Å². The highest BCUT2D eigenvalue weighted by Gasteiger charge is 2.44.